The van der Waals surface area contributed by atoms with Crippen LogP contribution in [0.15, 0.2) is 0 Å². The fourth-order valence-electron chi connectivity index (χ4n) is 2.01. The van der Waals surface area contributed by atoms with Gasteiger partial charge in [0.25, 0.3) is 0 Å². The third-order valence-corrected chi connectivity index (χ3v) is 3.37. The van der Waals surface area contributed by atoms with Crippen LogP contribution in [-0.4, -0.2) is 40.6 Å². The summed E-state index contributed by atoms with van der Waals surface area (Å²) in [5, 5.41) is 11.7. The van der Waals surface area contributed by atoms with Gasteiger partial charge in [0.2, 0.25) is 0 Å². The quantitative estimate of drug-likeness (QED) is 0.712. The smallest absolute Gasteiger partial charge is 0.326 e. The summed E-state index contributed by atoms with van der Waals surface area (Å²) in [5.74, 6) is -0.408. The third-order valence-electron chi connectivity index (χ3n) is 3.37. The van der Waals surface area contributed by atoms with Crippen molar-refractivity contribution in [2.45, 2.75) is 65.0 Å². The molecule has 1 aliphatic rings. The molecule has 2 N–H and O–H groups in total. The molecule has 0 heterocycles. The second kappa shape index (κ2) is 7.36. The minimum atomic E-state index is -0.949. The van der Waals surface area contributed by atoms with E-state index in [1.807, 2.05) is 11.8 Å². The van der Waals surface area contributed by atoms with Gasteiger partial charge in [0.05, 0.1) is 0 Å². The number of hydrogen-bond donors (Lipinski definition) is 2. The molecule has 0 aromatic rings. The van der Waals surface area contributed by atoms with E-state index in [-0.39, 0.29) is 6.03 Å². The van der Waals surface area contributed by atoms with E-state index in [0.29, 0.717) is 24.9 Å². The fourth-order valence-corrected chi connectivity index (χ4v) is 2.01. The number of urea groups is 1. The molecule has 19 heavy (non-hydrogen) atoms. The molecule has 0 bridgehead atoms. The minimum absolute atomic E-state index is 0.219. The Labute approximate surface area is 115 Å². The number of amides is 2. The summed E-state index contributed by atoms with van der Waals surface area (Å²) in [4.78, 5) is 25.1. The summed E-state index contributed by atoms with van der Waals surface area (Å²) >= 11 is 0. The first-order chi connectivity index (χ1) is 8.95. The number of rotatable bonds is 8. The maximum absolute atomic E-state index is 12.2. The van der Waals surface area contributed by atoms with Gasteiger partial charge >= 0.3 is 12.0 Å². The van der Waals surface area contributed by atoms with Gasteiger partial charge in [-0.25, -0.2) is 9.59 Å². The van der Waals surface area contributed by atoms with Gasteiger partial charge in [-0.1, -0.05) is 27.2 Å². The highest BCUT2D eigenvalue weighted by Gasteiger charge is 2.33. The second-order valence-electron chi connectivity index (χ2n) is 5.74. The molecule has 0 unspecified atom stereocenters. The summed E-state index contributed by atoms with van der Waals surface area (Å²) in [5.41, 5.74) is 0. The molecular weight excluding hydrogens is 244 g/mol. The van der Waals surface area contributed by atoms with Crippen molar-refractivity contribution in [2.75, 3.05) is 6.54 Å². The zero-order valence-corrected chi connectivity index (χ0v) is 12.2. The molecule has 1 fully saturated rings. The Morgan fingerprint density at radius 3 is 2.37 bits per heavy atom. The van der Waals surface area contributed by atoms with Gasteiger partial charge in [0.1, 0.15) is 6.04 Å². The first kappa shape index (κ1) is 15.8. The molecule has 0 radical (unpaired) electrons. The van der Waals surface area contributed by atoms with Crippen molar-refractivity contribution in [3.05, 3.63) is 0 Å². The van der Waals surface area contributed by atoms with Crippen LogP contribution in [0.5, 0.6) is 0 Å². The van der Waals surface area contributed by atoms with E-state index in [1.54, 1.807) is 0 Å². The SMILES string of the molecule is CCC[C@H](NC(=O)N(CCC(C)C)C1CC1)C(=O)O. The van der Waals surface area contributed by atoms with E-state index in [4.69, 9.17) is 5.11 Å². The van der Waals surface area contributed by atoms with E-state index in [1.165, 1.54) is 0 Å². The highest BCUT2D eigenvalue weighted by molar-refractivity contribution is 5.82. The van der Waals surface area contributed by atoms with Crippen molar-refractivity contribution in [2.24, 2.45) is 5.92 Å². The molecular formula is C14H26N2O3. The van der Waals surface area contributed by atoms with Gasteiger partial charge in [0.15, 0.2) is 0 Å². The van der Waals surface area contributed by atoms with Gasteiger partial charge in [-0.2, -0.15) is 0 Å². The van der Waals surface area contributed by atoms with Gasteiger partial charge in [-0.15, -0.1) is 0 Å². The lowest BCUT2D eigenvalue weighted by Crippen LogP contribution is -2.49. The van der Waals surface area contributed by atoms with E-state index >= 15 is 0 Å². The molecule has 1 rings (SSSR count). The number of carboxylic acids is 1. The molecule has 5 nitrogen and oxygen atoms in total. The summed E-state index contributed by atoms with van der Waals surface area (Å²) in [7, 11) is 0. The molecule has 1 saturated carbocycles. The summed E-state index contributed by atoms with van der Waals surface area (Å²) < 4.78 is 0. The van der Waals surface area contributed by atoms with Crippen molar-refractivity contribution in [1.29, 1.82) is 0 Å². The maximum atomic E-state index is 12.2. The number of carbonyl (C=O) groups is 2. The van der Waals surface area contributed by atoms with Crippen LogP contribution in [0.1, 0.15) is 52.9 Å². The van der Waals surface area contributed by atoms with Crippen LogP contribution in [0.3, 0.4) is 0 Å². The average molecular weight is 270 g/mol. The molecule has 0 saturated heterocycles. The number of hydrogen-bond acceptors (Lipinski definition) is 2. The molecule has 0 spiro atoms. The Balaban J connectivity index is 2.53. The maximum Gasteiger partial charge on any atom is 0.326 e. The van der Waals surface area contributed by atoms with E-state index in [9.17, 15) is 9.59 Å². The van der Waals surface area contributed by atoms with Crippen molar-refractivity contribution >= 4 is 12.0 Å². The number of nitrogens with zero attached hydrogens (tertiary/aromatic N) is 1. The lowest BCUT2D eigenvalue weighted by molar-refractivity contribution is -0.139. The summed E-state index contributed by atoms with van der Waals surface area (Å²) in [6, 6.07) is -0.670. The summed E-state index contributed by atoms with van der Waals surface area (Å²) in [6.07, 6.45) is 4.25. The Kier molecular flexibility index (Phi) is 6.12. The van der Waals surface area contributed by atoms with Crippen molar-refractivity contribution in [3.8, 4) is 0 Å². The summed E-state index contributed by atoms with van der Waals surface area (Å²) in [6.45, 7) is 6.88. The van der Waals surface area contributed by atoms with Crippen LogP contribution in [-0.2, 0) is 4.79 Å². The monoisotopic (exact) mass is 270 g/mol. The number of aliphatic carboxylic acids is 1. The predicted molar refractivity (Wildman–Crippen MR) is 74.0 cm³/mol. The molecule has 0 aliphatic heterocycles. The zero-order valence-electron chi connectivity index (χ0n) is 12.2. The largest absolute Gasteiger partial charge is 0.480 e. The Hall–Kier alpha value is -1.26. The number of carboxylic acid groups (broad SMARTS) is 1. The van der Waals surface area contributed by atoms with Crippen LogP contribution in [0.2, 0.25) is 0 Å². The Morgan fingerprint density at radius 1 is 1.32 bits per heavy atom. The molecule has 0 aromatic heterocycles. The molecule has 0 aromatic carbocycles. The highest BCUT2D eigenvalue weighted by atomic mass is 16.4. The van der Waals surface area contributed by atoms with Gasteiger partial charge in [-0.3, -0.25) is 0 Å². The van der Waals surface area contributed by atoms with Crippen LogP contribution in [0.4, 0.5) is 4.79 Å². The Morgan fingerprint density at radius 2 is 1.95 bits per heavy atom. The molecule has 5 heteroatoms. The van der Waals surface area contributed by atoms with Gasteiger partial charge < -0.3 is 15.3 Å². The molecule has 1 atom stereocenters. The standard InChI is InChI=1S/C14H26N2O3/c1-4-5-12(13(17)18)15-14(19)16(11-6-7-11)9-8-10(2)3/h10-12H,4-9H2,1-3H3,(H,15,19)(H,17,18)/t12-/m0/s1. The predicted octanol–water partition coefficient (Wildman–Crippen LogP) is 2.46. The van der Waals surface area contributed by atoms with Crippen LogP contribution in [0.25, 0.3) is 0 Å². The average Bonchev–Trinajstić information content (AvgIpc) is 3.12. The van der Waals surface area contributed by atoms with Crippen LogP contribution < -0.4 is 5.32 Å². The van der Waals surface area contributed by atoms with Crippen molar-refractivity contribution in [3.63, 3.8) is 0 Å². The van der Waals surface area contributed by atoms with Gasteiger partial charge in [-0.05, 0) is 31.6 Å². The van der Waals surface area contributed by atoms with Crippen LogP contribution in [0, 0.1) is 5.92 Å². The van der Waals surface area contributed by atoms with E-state index < -0.39 is 12.0 Å². The van der Waals surface area contributed by atoms with Crippen molar-refractivity contribution < 1.29 is 14.7 Å². The van der Waals surface area contributed by atoms with Gasteiger partial charge in [0, 0.05) is 12.6 Å². The van der Waals surface area contributed by atoms with E-state index in [0.717, 1.165) is 25.7 Å². The molecule has 110 valence electrons. The first-order valence-corrected chi connectivity index (χ1v) is 7.25. The number of carbonyl (C=O) groups excluding carboxylic acids is 1. The minimum Gasteiger partial charge on any atom is -0.480 e. The van der Waals surface area contributed by atoms with Crippen LogP contribution >= 0.6 is 0 Å². The van der Waals surface area contributed by atoms with Crippen molar-refractivity contribution in [1.82, 2.24) is 10.2 Å². The number of nitrogens with one attached hydrogen (secondary N) is 1. The fraction of sp³-hybridized carbons (Fsp3) is 0.857. The van der Waals surface area contributed by atoms with E-state index in [2.05, 4.69) is 19.2 Å². The lowest BCUT2D eigenvalue weighted by atomic mass is 10.1. The zero-order chi connectivity index (χ0) is 14.4. The highest BCUT2D eigenvalue weighted by Crippen LogP contribution is 2.27. The Bertz CT molecular complexity index is 314. The lowest BCUT2D eigenvalue weighted by Gasteiger charge is -2.25. The second-order valence-corrected chi connectivity index (χ2v) is 5.74. The third kappa shape index (κ3) is 5.49. The normalized spacial score (nSPS) is 16.2. The molecule has 2 amide bonds. The first-order valence-electron chi connectivity index (χ1n) is 7.25. The molecule has 1 aliphatic carbocycles. The topological polar surface area (TPSA) is 69.6 Å².